The summed E-state index contributed by atoms with van der Waals surface area (Å²) in [6.45, 7) is 4.99. The molecule has 2 aromatic carbocycles. The van der Waals surface area contributed by atoms with Crippen LogP contribution < -0.4 is 5.32 Å². The van der Waals surface area contributed by atoms with E-state index in [0.717, 1.165) is 28.1 Å². The summed E-state index contributed by atoms with van der Waals surface area (Å²) in [7, 11) is 4.00. The zero-order valence-electron chi connectivity index (χ0n) is 15.2. The van der Waals surface area contributed by atoms with Crippen molar-refractivity contribution >= 4 is 22.6 Å². The Labute approximate surface area is 148 Å². The SMILES string of the molecule is Cc1ccc(NC(=O)Cn2c(CN(C)C)nc3ccccc32)c(C)c1. The lowest BCUT2D eigenvalue weighted by molar-refractivity contribution is -0.116. The van der Waals surface area contributed by atoms with Crippen LogP contribution in [0.1, 0.15) is 17.0 Å². The van der Waals surface area contributed by atoms with Crippen LogP contribution in [0.3, 0.4) is 0 Å². The molecule has 25 heavy (non-hydrogen) atoms. The molecule has 1 heterocycles. The summed E-state index contributed by atoms with van der Waals surface area (Å²) in [5, 5.41) is 3.02. The first-order valence-electron chi connectivity index (χ1n) is 8.40. The van der Waals surface area contributed by atoms with Gasteiger partial charge in [0.1, 0.15) is 12.4 Å². The van der Waals surface area contributed by atoms with Crippen LogP contribution in [0.4, 0.5) is 5.69 Å². The first kappa shape index (κ1) is 17.2. The van der Waals surface area contributed by atoms with Crippen molar-refractivity contribution in [2.24, 2.45) is 0 Å². The summed E-state index contributed by atoms with van der Waals surface area (Å²) < 4.78 is 1.99. The largest absolute Gasteiger partial charge is 0.324 e. The van der Waals surface area contributed by atoms with Gasteiger partial charge in [0.15, 0.2) is 0 Å². The van der Waals surface area contributed by atoms with E-state index in [-0.39, 0.29) is 12.5 Å². The molecule has 0 aliphatic carbocycles. The van der Waals surface area contributed by atoms with Crippen LogP contribution in [0, 0.1) is 13.8 Å². The Balaban J connectivity index is 1.87. The summed E-state index contributed by atoms with van der Waals surface area (Å²) in [5.74, 6) is 0.845. The van der Waals surface area contributed by atoms with Gasteiger partial charge < -0.3 is 14.8 Å². The molecular formula is C20H24N4O. The molecule has 0 saturated heterocycles. The van der Waals surface area contributed by atoms with Crippen LogP contribution in [0.5, 0.6) is 0 Å². The molecule has 0 radical (unpaired) electrons. The molecule has 130 valence electrons. The van der Waals surface area contributed by atoms with E-state index in [1.165, 1.54) is 5.56 Å². The maximum Gasteiger partial charge on any atom is 0.244 e. The number of carbonyl (C=O) groups is 1. The lowest BCUT2D eigenvalue weighted by atomic mass is 10.1. The predicted molar refractivity (Wildman–Crippen MR) is 102 cm³/mol. The first-order chi connectivity index (χ1) is 11.9. The highest BCUT2D eigenvalue weighted by molar-refractivity contribution is 5.92. The van der Waals surface area contributed by atoms with E-state index in [1.54, 1.807) is 0 Å². The fraction of sp³-hybridized carbons (Fsp3) is 0.300. The fourth-order valence-electron chi connectivity index (χ4n) is 2.99. The highest BCUT2D eigenvalue weighted by Crippen LogP contribution is 2.19. The second kappa shape index (κ2) is 7.07. The van der Waals surface area contributed by atoms with Crippen molar-refractivity contribution in [2.45, 2.75) is 26.9 Å². The Morgan fingerprint density at radius 3 is 2.64 bits per heavy atom. The smallest absolute Gasteiger partial charge is 0.244 e. The zero-order chi connectivity index (χ0) is 18.0. The third-order valence-corrected chi connectivity index (χ3v) is 4.15. The van der Waals surface area contributed by atoms with Crippen molar-refractivity contribution in [1.29, 1.82) is 0 Å². The van der Waals surface area contributed by atoms with E-state index in [1.807, 2.05) is 68.9 Å². The highest BCUT2D eigenvalue weighted by Gasteiger charge is 2.14. The van der Waals surface area contributed by atoms with Gasteiger partial charge in [0.25, 0.3) is 0 Å². The van der Waals surface area contributed by atoms with E-state index >= 15 is 0 Å². The number of hydrogen-bond acceptors (Lipinski definition) is 3. The van der Waals surface area contributed by atoms with Gasteiger partial charge in [-0.15, -0.1) is 0 Å². The average Bonchev–Trinajstić information content (AvgIpc) is 2.87. The number of hydrogen-bond donors (Lipinski definition) is 1. The average molecular weight is 336 g/mol. The standard InChI is InChI=1S/C20H24N4O/c1-14-9-10-16(15(2)11-14)22-20(25)13-24-18-8-6-5-7-17(18)21-19(24)12-23(3)4/h5-11H,12-13H2,1-4H3,(H,22,25). The molecule has 1 aromatic heterocycles. The van der Waals surface area contributed by atoms with E-state index in [0.29, 0.717) is 6.54 Å². The van der Waals surface area contributed by atoms with Gasteiger partial charge in [-0.05, 0) is 51.7 Å². The number of nitrogens with zero attached hydrogens (tertiary/aromatic N) is 3. The molecule has 1 amide bonds. The number of fused-ring (bicyclic) bond motifs is 1. The Kier molecular flexibility index (Phi) is 4.86. The highest BCUT2D eigenvalue weighted by atomic mass is 16.1. The number of imidazole rings is 1. The number of nitrogens with one attached hydrogen (secondary N) is 1. The molecule has 0 atom stereocenters. The minimum Gasteiger partial charge on any atom is -0.324 e. The third-order valence-electron chi connectivity index (χ3n) is 4.15. The number of amides is 1. The number of para-hydroxylation sites is 2. The molecule has 1 N–H and O–H groups in total. The summed E-state index contributed by atoms with van der Waals surface area (Å²) in [5.41, 5.74) is 5.00. The molecule has 0 aliphatic heterocycles. The van der Waals surface area contributed by atoms with Gasteiger partial charge in [-0.25, -0.2) is 4.98 Å². The summed E-state index contributed by atoms with van der Waals surface area (Å²) in [6, 6.07) is 14.0. The van der Waals surface area contributed by atoms with E-state index < -0.39 is 0 Å². The second-order valence-electron chi connectivity index (χ2n) is 6.71. The molecule has 0 spiro atoms. The fourth-order valence-corrected chi connectivity index (χ4v) is 2.99. The quantitative estimate of drug-likeness (QED) is 0.777. The molecule has 0 saturated carbocycles. The van der Waals surface area contributed by atoms with Crippen LogP contribution in [0.25, 0.3) is 11.0 Å². The number of anilines is 1. The number of aromatic nitrogens is 2. The monoisotopic (exact) mass is 336 g/mol. The lowest BCUT2D eigenvalue weighted by Crippen LogP contribution is -2.22. The Hall–Kier alpha value is -2.66. The molecule has 5 heteroatoms. The van der Waals surface area contributed by atoms with Crippen molar-refractivity contribution in [3.05, 3.63) is 59.4 Å². The van der Waals surface area contributed by atoms with Gasteiger partial charge in [0.2, 0.25) is 5.91 Å². The van der Waals surface area contributed by atoms with E-state index in [4.69, 9.17) is 0 Å². The van der Waals surface area contributed by atoms with Gasteiger partial charge >= 0.3 is 0 Å². The van der Waals surface area contributed by atoms with Crippen LogP contribution in [-0.2, 0) is 17.9 Å². The van der Waals surface area contributed by atoms with Crippen molar-refractivity contribution in [3.63, 3.8) is 0 Å². The maximum absolute atomic E-state index is 12.6. The summed E-state index contributed by atoms with van der Waals surface area (Å²) in [6.07, 6.45) is 0. The van der Waals surface area contributed by atoms with E-state index in [9.17, 15) is 4.79 Å². The molecule has 3 aromatic rings. The molecule has 0 bridgehead atoms. The third kappa shape index (κ3) is 3.88. The molecular weight excluding hydrogens is 312 g/mol. The maximum atomic E-state index is 12.6. The number of benzene rings is 2. The normalized spacial score (nSPS) is 11.2. The van der Waals surface area contributed by atoms with Crippen LogP contribution in [0.2, 0.25) is 0 Å². The molecule has 0 aliphatic rings. The minimum absolute atomic E-state index is 0.0462. The molecule has 5 nitrogen and oxygen atoms in total. The lowest BCUT2D eigenvalue weighted by Gasteiger charge is -2.14. The van der Waals surface area contributed by atoms with Crippen LogP contribution in [-0.4, -0.2) is 34.5 Å². The van der Waals surface area contributed by atoms with Gasteiger partial charge in [-0.3, -0.25) is 4.79 Å². The van der Waals surface area contributed by atoms with Gasteiger partial charge in [-0.1, -0.05) is 29.8 Å². The van der Waals surface area contributed by atoms with Crippen LogP contribution >= 0.6 is 0 Å². The zero-order valence-corrected chi connectivity index (χ0v) is 15.2. The van der Waals surface area contributed by atoms with Crippen molar-refractivity contribution in [3.8, 4) is 0 Å². The molecule has 0 unspecified atom stereocenters. The minimum atomic E-state index is -0.0462. The molecule has 3 rings (SSSR count). The van der Waals surface area contributed by atoms with Gasteiger partial charge in [-0.2, -0.15) is 0 Å². The van der Waals surface area contributed by atoms with Crippen molar-refractivity contribution < 1.29 is 4.79 Å². The summed E-state index contributed by atoms with van der Waals surface area (Å²) in [4.78, 5) is 19.4. The molecule has 0 fully saturated rings. The topological polar surface area (TPSA) is 50.2 Å². The number of rotatable bonds is 5. The van der Waals surface area contributed by atoms with Crippen LogP contribution in [0.15, 0.2) is 42.5 Å². The number of carbonyl (C=O) groups excluding carboxylic acids is 1. The Morgan fingerprint density at radius 1 is 1.16 bits per heavy atom. The van der Waals surface area contributed by atoms with Gasteiger partial charge in [0, 0.05) is 5.69 Å². The van der Waals surface area contributed by atoms with Crippen molar-refractivity contribution in [2.75, 3.05) is 19.4 Å². The van der Waals surface area contributed by atoms with Gasteiger partial charge in [0.05, 0.1) is 17.6 Å². The van der Waals surface area contributed by atoms with E-state index in [2.05, 4.69) is 21.3 Å². The first-order valence-corrected chi connectivity index (χ1v) is 8.40. The predicted octanol–water partition coefficient (Wildman–Crippen LogP) is 3.35. The summed E-state index contributed by atoms with van der Waals surface area (Å²) >= 11 is 0. The number of aryl methyl sites for hydroxylation is 2. The second-order valence-corrected chi connectivity index (χ2v) is 6.71. The Morgan fingerprint density at radius 2 is 1.92 bits per heavy atom. The van der Waals surface area contributed by atoms with Crippen molar-refractivity contribution in [1.82, 2.24) is 14.5 Å². The Bertz CT molecular complexity index is 911.